The van der Waals surface area contributed by atoms with E-state index in [-0.39, 0.29) is 29.4 Å². The van der Waals surface area contributed by atoms with E-state index in [4.69, 9.17) is 4.74 Å². The zero-order chi connectivity index (χ0) is 30.3. The first-order valence-electron chi connectivity index (χ1n) is 13.4. The van der Waals surface area contributed by atoms with Gasteiger partial charge in [-0.05, 0) is 42.5 Å². The van der Waals surface area contributed by atoms with Crippen molar-refractivity contribution in [3.63, 3.8) is 0 Å². The monoisotopic (exact) mass is 605 g/mol. The molecule has 4 N–H and O–H groups in total. The first-order chi connectivity index (χ1) is 19.9. The predicted octanol–water partition coefficient (Wildman–Crippen LogP) is 3.86. The summed E-state index contributed by atoms with van der Waals surface area (Å²) < 4.78 is 73.2. The number of aromatic nitrogens is 1. The average Bonchev–Trinajstić information content (AvgIpc) is 2.90. The summed E-state index contributed by atoms with van der Waals surface area (Å²) in [6, 6.07) is 15.2. The molecule has 0 spiro atoms. The molecule has 0 aliphatic heterocycles. The van der Waals surface area contributed by atoms with Gasteiger partial charge in [0.1, 0.15) is 5.75 Å². The highest BCUT2D eigenvalue weighted by atomic mass is 32.2. The largest absolute Gasteiger partial charge is 0.475 e. The third kappa shape index (κ3) is 9.02. The molecule has 224 valence electrons. The van der Waals surface area contributed by atoms with Crippen LogP contribution < -0.4 is 14.8 Å². The Balaban J connectivity index is 1.48. The molecular formula is C28H31BF3N3O6S. The summed E-state index contributed by atoms with van der Waals surface area (Å²) in [7, 11) is -5.95. The molecule has 1 aliphatic rings. The van der Waals surface area contributed by atoms with E-state index in [1.165, 1.54) is 24.3 Å². The van der Waals surface area contributed by atoms with Crippen molar-refractivity contribution >= 4 is 23.0 Å². The Morgan fingerprint density at radius 2 is 1.81 bits per heavy atom. The number of carbonyl (C=O) groups is 1. The molecule has 1 aromatic heterocycles. The van der Waals surface area contributed by atoms with Crippen molar-refractivity contribution in [3.8, 4) is 11.6 Å². The molecular weight excluding hydrogens is 574 g/mol. The summed E-state index contributed by atoms with van der Waals surface area (Å²) in [5.41, 5.74) is -0.177. The summed E-state index contributed by atoms with van der Waals surface area (Å²) in [5, 5.41) is 22.2. The molecule has 9 nitrogen and oxygen atoms in total. The van der Waals surface area contributed by atoms with Gasteiger partial charge in [-0.3, -0.25) is 4.79 Å². The molecule has 1 aliphatic carbocycles. The quantitative estimate of drug-likeness (QED) is 0.217. The second-order valence-corrected chi connectivity index (χ2v) is 12.0. The molecule has 0 radical (unpaired) electrons. The molecule has 1 amide bonds. The Morgan fingerprint density at radius 1 is 1.07 bits per heavy atom. The van der Waals surface area contributed by atoms with Crippen LogP contribution in [0.25, 0.3) is 0 Å². The SMILES string of the molecule is O=C(C[C@H](Cc1ccccc1)NS(=O)(=O)c1cccc(Oc2ccc(C(F)(F)F)cn2)c1)N[C@@H](CC1CCC1)B(O)O. The third-order valence-corrected chi connectivity index (χ3v) is 8.52. The fourth-order valence-corrected chi connectivity index (χ4v) is 5.88. The molecule has 0 saturated heterocycles. The van der Waals surface area contributed by atoms with Gasteiger partial charge in [0.05, 0.1) is 16.4 Å². The number of rotatable bonds is 13. The number of nitrogens with one attached hydrogen (secondary N) is 2. The standard InChI is InChI=1S/C28H31BF3N3O6S/c30-28(31,32)21-12-13-27(33-18-21)41-23-10-5-11-24(17-23)42(39,40)35-22(14-19-6-2-1-3-7-19)16-26(36)34-25(29(37)38)15-20-8-4-9-20/h1-3,5-7,10-13,17-18,20,22,25,35,37-38H,4,8-9,14-16H2,(H,34,36)/t22-,25-/m0/s1. The van der Waals surface area contributed by atoms with E-state index in [1.807, 2.05) is 0 Å². The Hall–Kier alpha value is -3.46. The normalized spacial score (nSPS) is 15.4. The number of halogens is 3. The number of pyridine rings is 1. The van der Waals surface area contributed by atoms with E-state index in [9.17, 15) is 36.4 Å². The fourth-order valence-electron chi connectivity index (χ4n) is 4.61. The Bertz CT molecular complexity index is 1440. The molecule has 1 saturated carbocycles. The van der Waals surface area contributed by atoms with E-state index in [1.54, 1.807) is 30.3 Å². The lowest BCUT2D eigenvalue weighted by Gasteiger charge is -2.30. The first kappa shape index (κ1) is 31.5. The van der Waals surface area contributed by atoms with Crippen molar-refractivity contribution < 1.29 is 41.2 Å². The number of nitrogens with zero attached hydrogens (tertiary/aromatic N) is 1. The van der Waals surface area contributed by atoms with Gasteiger partial charge in [0, 0.05) is 30.8 Å². The maximum Gasteiger partial charge on any atom is 0.475 e. The lowest BCUT2D eigenvalue weighted by Crippen LogP contribution is -2.50. The van der Waals surface area contributed by atoms with Gasteiger partial charge in [-0.2, -0.15) is 13.2 Å². The maximum atomic E-state index is 13.4. The number of carbonyl (C=O) groups excluding carboxylic acids is 1. The molecule has 1 fully saturated rings. The molecule has 1 heterocycles. The van der Waals surface area contributed by atoms with Crippen LogP contribution in [0.3, 0.4) is 0 Å². The van der Waals surface area contributed by atoms with E-state index in [2.05, 4.69) is 15.0 Å². The average molecular weight is 605 g/mol. The minimum absolute atomic E-state index is 0.0262. The number of hydrogen-bond donors (Lipinski definition) is 4. The molecule has 2 atom stereocenters. The van der Waals surface area contributed by atoms with Crippen LogP contribution in [0.15, 0.2) is 77.8 Å². The number of benzene rings is 2. The lowest BCUT2D eigenvalue weighted by molar-refractivity contribution is -0.137. The molecule has 3 aromatic rings. The Morgan fingerprint density at radius 3 is 2.40 bits per heavy atom. The summed E-state index contributed by atoms with van der Waals surface area (Å²) in [5.74, 6) is -1.25. The van der Waals surface area contributed by atoms with Crippen molar-refractivity contribution in [2.75, 3.05) is 0 Å². The smallest absolute Gasteiger partial charge is 0.439 e. The third-order valence-electron chi connectivity index (χ3n) is 7.00. The topological polar surface area (TPSA) is 138 Å². The van der Waals surface area contributed by atoms with Crippen LogP contribution in [0.4, 0.5) is 13.2 Å². The molecule has 2 aromatic carbocycles. The fraction of sp³-hybridized carbons (Fsp3) is 0.357. The van der Waals surface area contributed by atoms with Gasteiger partial charge in [-0.15, -0.1) is 0 Å². The van der Waals surface area contributed by atoms with Crippen molar-refractivity contribution in [3.05, 3.63) is 84.1 Å². The molecule has 0 unspecified atom stereocenters. The summed E-state index contributed by atoms with van der Waals surface area (Å²) in [6.45, 7) is 0. The van der Waals surface area contributed by atoms with E-state index < -0.39 is 46.8 Å². The second kappa shape index (κ2) is 13.7. The number of alkyl halides is 3. The highest BCUT2D eigenvalue weighted by molar-refractivity contribution is 7.89. The maximum absolute atomic E-state index is 13.4. The summed E-state index contributed by atoms with van der Waals surface area (Å²) in [6.07, 6.45) is -0.667. The Labute approximate surface area is 242 Å². The highest BCUT2D eigenvalue weighted by Gasteiger charge is 2.32. The number of amides is 1. The zero-order valence-corrected chi connectivity index (χ0v) is 23.3. The second-order valence-electron chi connectivity index (χ2n) is 10.3. The van der Waals surface area contributed by atoms with Crippen LogP contribution in [-0.4, -0.2) is 48.5 Å². The van der Waals surface area contributed by atoms with Gasteiger partial charge in [0.25, 0.3) is 0 Å². The van der Waals surface area contributed by atoms with Crippen molar-refractivity contribution in [2.45, 2.75) is 61.6 Å². The minimum Gasteiger partial charge on any atom is -0.439 e. The predicted molar refractivity (Wildman–Crippen MR) is 149 cm³/mol. The van der Waals surface area contributed by atoms with Crippen LogP contribution >= 0.6 is 0 Å². The molecule has 4 rings (SSSR count). The van der Waals surface area contributed by atoms with Crippen LogP contribution in [0, 0.1) is 5.92 Å². The van der Waals surface area contributed by atoms with Gasteiger partial charge >= 0.3 is 13.3 Å². The van der Waals surface area contributed by atoms with Gasteiger partial charge in [0.15, 0.2) is 0 Å². The van der Waals surface area contributed by atoms with Crippen molar-refractivity contribution in [1.29, 1.82) is 0 Å². The van der Waals surface area contributed by atoms with E-state index in [0.717, 1.165) is 37.0 Å². The molecule has 0 bridgehead atoms. The number of ether oxygens (including phenoxy) is 1. The molecule has 42 heavy (non-hydrogen) atoms. The van der Waals surface area contributed by atoms with Crippen LogP contribution in [0.1, 0.15) is 43.2 Å². The van der Waals surface area contributed by atoms with Gasteiger partial charge in [0.2, 0.25) is 21.8 Å². The van der Waals surface area contributed by atoms with E-state index in [0.29, 0.717) is 18.5 Å². The van der Waals surface area contributed by atoms with Crippen molar-refractivity contribution in [1.82, 2.24) is 15.0 Å². The Kier molecular flexibility index (Phi) is 10.3. The van der Waals surface area contributed by atoms with Gasteiger partial charge in [-0.1, -0.05) is 55.7 Å². The van der Waals surface area contributed by atoms with Crippen molar-refractivity contribution in [2.24, 2.45) is 5.92 Å². The van der Waals surface area contributed by atoms with Gasteiger partial charge < -0.3 is 20.1 Å². The van der Waals surface area contributed by atoms with Gasteiger partial charge in [-0.25, -0.2) is 18.1 Å². The van der Waals surface area contributed by atoms with E-state index >= 15 is 0 Å². The van der Waals surface area contributed by atoms with Crippen LogP contribution in [0.5, 0.6) is 11.6 Å². The van der Waals surface area contributed by atoms with Crippen LogP contribution in [0.2, 0.25) is 0 Å². The zero-order valence-electron chi connectivity index (χ0n) is 22.5. The minimum atomic E-state index is -4.56. The lowest BCUT2D eigenvalue weighted by atomic mass is 9.70. The molecule has 14 heteroatoms. The first-order valence-corrected chi connectivity index (χ1v) is 14.9. The van der Waals surface area contributed by atoms with Crippen LogP contribution in [-0.2, 0) is 27.4 Å². The summed E-state index contributed by atoms with van der Waals surface area (Å²) in [4.78, 5) is 16.4. The summed E-state index contributed by atoms with van der Waals surface area (Å²) >= 11 is 0. The number of sulfonamides is 1. The number of hydrogen-bond acceptors (Lipinski definition) is 7. The highest BCUT2D eigenvalue weighted by Crippen LogP contribution is 2.31.